The highest BCUT2D eigenvalue weighted by molar-refractivity contribution is 9.09. The third-order valence-corrected chi connectivity index (χ3v) is 1.82. The lowest BCUT2D eigenvalue weighted by molar-refractivity contribution is 0.101. The molecule has 5 heteroatoms. The molecule has 1 heterocycles. The molecule has 0 saturated heterocycles. The molecule has 0 aliphatic heterocycles. The summed E-state index contributed by atoms with van der Waals surface area (Å²) < 4.78 is 5.13. The zero-order valence-corrected chi connectivity index (χ0v) is 8.74. The van der Waals surface area contributed by atoms with E-state index in [1.807, 2.05) is 6.92 Å². The SMILES string of the molecule is CCOc1cnc(C(=O)CBr)nc1. The maximum atomic E-state index is 11.1. The van der Waals surface area contributed by atoms with Gasteiger partial charge < -0.3 is 4.74 Å². The van der Waals surface area contributed by atoms with Crippen LogP contribution < -0.4 is 4.74 Å². The van der Waals surface area contributed by atoms with Crippen LogP contribution >= 0.6 is 15.9 Å². The molecule has 1 aromatic heterocycles. The van der Waals surface area contributed by atoms with Gasteiger partial charge in [-0.1, -0.05) is 15.9 Å². The normalized spacial score (nSPS) is 9.69. The lowest BCUT2D eigenvalue weighted by Gasteiger charge is -2.01. The van der Waals surface area contributed by atoms with E-state index in [1.165, 1.54) is 12.4 Å². The van der Waals surface area contributed by atoms with Gasteiger partial charge in [0, 0.05) is 0 Å². The third-order valence-electron chi connectivity index (χ3n) is 1.31. The Labute approximate surface area is 84.5 Å². The number of rotatable bonds is 4. The van der Waals surface area contributed by atoms with Crippen molar-refractivity contribution in [1.82, 2.24) is 9.97 Å². The van der Waals surface area contributed by atoms with Gasteiger partial charge in [0.1, 0.15) is 0 Å². The predicted molar refractivity (Wildman–Crippen MR) is 51.3 cm³/mol. The van der Waals surface area contributed by atoms with Gasteiger partial charge in [0.05, 0.1) is 24.3 Å². The van der Waals surface area contributed by atoms with Gasteiger partial charge in [-0.05, 0) is 6.92 Å². The molecule has 0 aliphatic rings. The van der Waals surface area contributed by atoms with Crippen LogP contribution in [-0.2, 0) is 0 Å². The number of carbonyl (C=O) groups is 1. The number of Topliss-reactive ketones (excluding diaryl/α,β-unsaturated/α-hetero) is 1. The van der Waals surface area contributed by atoms with Crippen LogP contribution in [0.3, 0.4) is 0 Å². The van der Waals surface area contributed by atoms with Gasteiger partial charge in [-0.2, -0.15) is 0 Å². The van der Waals surface area contributed by atoms with Crippen molar-refractivity contribution >= 4 is 21.7 Å². The third kappa shape index (κ3) is 2.77. The summed E-state index contributed by atoms with van der Waals surface area (Å²) in [7, 11) is 0. The summed E-state index contributed by atoms with van der Waals surface area (Å²) in [5, 5.41) is 0.237. The zero-order valence-electron chi connectivity index (χ0n) is 7.16. The van der Waals surface area contributed by atoms with Crippen LogP contribution in [0, 0.1) is 0 Å². The van der Waals surface area contributed by atoms with Gasteiger partial charge in [-0.3, -0.25) is 4.79 Å². The van der Waals surface area contributed by atoms with Crippen LogP contribution in [0.25, 0.3) is 0 Å². The highest BCUT2D eigenvalue weighted by atomic mass is 79.9. The van der Waals surface area contributed by atoms with E-state index in [9.17, 15) is 4.79 Å². The highest BCUT2D eigenvalue weighted by Gasteiger charge is 2.06. The molecule has 0 unspecified atom stereocenters. The number of ketones is 1. The molecule has 0 N–H and O–H groups in total. The molecule has 0 amide bonds. The summed E-state index contributed by atoms with van der Waals surface area (Å²) in [6, 6.07) is 0. The van der Waals surface area contributed by atoms with E-state index in [-0.39, 0.29) is 16.9 Å². The zero-order chi connectivity index (χ0) is 9.68. The fourth-order valence-corrected chi connectivity index (χ4v) is 1.01. The van der Waals surface area contributed by atoms with E-state index < -0.39 is 0 Å². The van der Waals surface area contributed by atoms with E-state index >= 15 is 0 Å². The van der Waals surface area contributed by atoms with Gasteiger partial charge >= 0.3 is 0 Å². The lowest BCUT2D eigenvalue weighted by Crippen LogP contribution is -2.06. The standard InChI is InChI=1S/C8H9BrN2O2/c1-2-13-6-4-10-8(11-5-6)7(12)3-9/h4-5H,2-3H2,1H3. The number of hydrogen-bond donors (Lipinski definition) is 0. The van der Waals surface area contributed by atoms with Crippen LogP contribution in [0.1, 0.15) is 17.5 Å². The Morgan fingerprint density at radius 3 is 2.62 bits per heavy atom. The van der Waals surface area contributed by atoms with Crippen molar-refractivity contribution in [3.8, 4) is 5.75 Å². The first kappa shape index (κ1) is 10.1. The van der Waals surface area contributed by atoms with Crippen molar-refractivity contribution in [3.63, 3.8) is 0 Å². The molecular formula is C8H9BrN2O2. The van der Waals surface area contributed by atoms with Crippen molar-refractivity contribution in [2.45, 2.75) is 6.92 Å². The molecule has 0 bridgehead atoms. The largest absolute Gasteiger partial charge is 0.491 e. The van der Waals surface area contributed by atoms with E-state index in [2.05, 4.69) is 25.9 Å². The molecule has 4 nitrogen and oxygen atoms in total. The van der Waals surface area contributed by atoms with Crippen molar-refractivity contribution in [2.75, 3.05) is 11.9 Å². The lowest BCUT2D eigenvalue weighted by atomic mass is 10.4. The van der Waals surface area contributed by atoms with E-state index in [0.717, 1.165) is 0 Å². The Hall–Kier alpha value is -0.970. The Bertz CT molecular complexity index is 287. The Morgan fingerprint density at radius 2 is 2.15 bits per heavy atom. The van der Waals surface area contributed by atoms with Crippen LogP contribution in [0.2, 0.25) is 0 Å². The number of nitrogens with zero attached hydrogens (tertiary/aromatic N) is 2. The Morgan fingerprint density at radius 1 is 1.54 bits per heavy atom. The number of alkyl halides is 1. The molecule has 0 aliphatic carbocycles. The van der Waals surface area contributed by atoms with Gasteiger partial charge in [-0.25, -0.2) is 9.97 Å². The maximum absolute atomic E-state index is 11.1. The highest BCUT2D eigenvalue weighted by Crippen LogP contribution is 2.06. The summed E-state index contributed by atoms with van der Waals surface area (Å²) in [6.07, 6.45) is 2.98. The quantitative estimate of drug-likeness (QED) is 0.595. The number of ether oxygens (including phenoxy) is 1. The van der Waals surface area contributed by atoms with Crippen LogP contribution in [-0.4, -0.2) is 27.7 Å². The molecule has 0 aromatic carbocycles. The molecule has 0 spiro atoms. The molecule has 70 valence electrons. The van der Waals surface area contributed by atoms with Crippen molar-refractivity contribution in [3.05, 3.63) is 18.2 Å². The second kappa shape index (κ2) is 4.91. The molecular weight excluding hydrogens is 236 g/mol. The monoisotopic (exact) mass is 244 g/mol. The topological polar surface area (TPSA) is 52.1 Å². The molecule has 13 heavy (non-hydrogen) atoms. The van der Waals surface area contributed by atoms with Gasteiger partial charge in [0.25, 0.3) is 0 Å². The molecule has 0 saturated carbocycles. The minimum atomic E-state index is -0.136. The second-order valence-corrected chi connectivity index (χ2v) is 2.79. The first-order valence-corrected chi connectivity index (χ1v) is 4.94. The minimum Gasteiger partial charge on any atom is -0.491 e. The number of aromatic nitrogens is 2. The molecule has 0 atom stereocenters. The van der Waals surface area contributed by atoms with E-state index in [4.69, 9.17) is 4.74 Å². The van der Waals surface area contributed by atoms with E-state index in [1.54, 1.807) is 0 Å². The average molecular weight is 245 g/mol. The first-order valence-electron chi connectivity index (χ1n) is 3.82. The summed E-state index contributed by atoms with van der Waals surface area (Å²) in [6.45, 7) is 2.44. The predicted octanol–water partition coefficient (Wildman–Crippen LogP) is 1.45. The van der Waals surface area contributed by atoms with Crippen LogP contribution in [0.4, 0.5) is 0 Å². The minimum absolute atomic E-state index is 0.136. The van der Waals surface area contributed by atoms with Crippen molar-refractivity contribution in [2.24, 2.45) is 0 Å². The second-order valence-electron chi connectivity index (χ2n) is 2.23. The number of carbonyl (C=O) groups excluding carboxylic acids is 1. The summed E-state index contributed by atoms with van der Waals surface area (Å²) in [5.41, 5.74) is 0. The van der Waals surface area contributed by atoms with Gasteiger partial charge in [0.2, 0.25) is 5.78 Å². The first-order chi connectivity index (χ1) is 6.27. The molecule has 0 radical (unpaired) electrons. The Kier molecular flexibility index (Phi) is 3.82. The number of hydrogen-bond acceptors (Lipinski definition) is 4. The van der Waals surface area contributed by atoms with Crippen molar-refractivity contribution in [1.29, 1.82) is 0 Å². The van der Waals surface area contributed by atoms with Crippen LogP contribution in [0.5, 0.6) is 5.75 Å². The van der Waals surface area contributed by atoms with Crippen LogP contribution in [0.15, 0.2) is 12.4 Å². The summed E-state index contributed by atoms with van der Waals surface area (Å²) in [5.74, 6) is 0.650. The summed E-state index contributed by atoms with van der Waals surface area (Å²) >= 11 is 3.04. The van der Waals surface area contributed by atoms with Gasteiger partial charge in [0.15, 0.2) is 11.6 Å². The van der Waals surface area contributed by atoms with Gasteiger partial charge in [-0.15, -0.1) is 0 Å². The average Bonchev–Trinajstić information content (AvgIpc) is 2.18. The summed E-state index contributed by atoms with van der Waals surface area (Å²) in [4.78, 5) is 18.8. The van der Waals surface area contributed by atoms with E-state index in [0.29, 0.717) is 12.4 Å². The fourth-order valence-electron chi connectivity index (χ4n) is 0.761. The molecule has 0 fully saturated rings. The Balaban J connectivity index is 2.75. The van der Waals surface area contributed by atoms with Crippen molar-refractivity contribution < 1.29 is 9.53 Å². The smallest absolute Gasteiger partial charge is 0.210 e. The number of halogens is 1. The fraction of sp³-hybridized carbons (Fsp3) is 0.375. The molecule has 1 rings (SSSR count). The maximum Gasteiger partial charge on any atom is 0.210 e. The molecule has 1 aromatic rings.